The lowest BCUT2D eigenvalue weighted by atomic mass is 9.89. The fourth-order valence-electron chi connectivity index (χ4n) is 1.49. The average Bonchev–Trinajstić information content (AvgIpc) is 2.71. The van der Waals surface area contributed by atoms with Gasteiger partial charge in [0.1, 0.15) is 5.69 Å². The second kappa shape index (κ2) is 5.64. The third kappa shape index (κ3) is 3.28. The van der Waals surface area contributed by atoms with Crippen molar-refractivity contribution in [2.24, 2.45) is 13.0 Å². The summed E-state index contributed by atoms with van der Waals surface area (Å²) in [7, 11) is 1.35. The summed E-state index contributed by atoms with van der Waals surface area (Å²) in [6.07, 6.45) is -2.69. The molecule has 0 saturated carbocycles. The summed E-state index contributed by atoms with van der Waals surface area (Å²) in [5.74, 6) is -0.590. The number of halogens is 2. The van der Waals surface area contributed by atoms with Crippen molar-refractivity contribution in [2.45, 2.75) is 32.7 Å². The molecule has 5 nitrogen and oxygen atoms in total. The number of nitrogens with one attached hydrogen (secondary N) is 1. The number of carbonyl (C=O) groups excluding carboxylic acids is 1. The quantitative estimate of drug-likeness (QED) is 0.855. The van der Waals surface area contributed by atoms with Crippen LogP contribution in [0.3, 0.4) is 0 Å². The van der Waals surface area contributed by atoms with Gasteiger partial charge in [-0.15, -0.1) is 0 Å². The van der Waals surface area contributed by atoms with E-state index in [1.807, 2.05) is 13.8 Å². The lowest BCUT2D eigenvalue weighted by Gasteiger charge is -2.32. The van der Waals surface area contributed by atoms with Crippen LogP contribution in [-0.4, -0.2) is 32.9 Å². The van der Waals surface area contributed by atoms with Gasteiger partial charge >= 0.3 is 0 Å². The van der Waals surface area contributed by atoms with Crippen LogP contribution < -0.4 is 5.32 Å². The molecule has 0 aliphatic carbocycles. The lowest BCUT2D eigenvalue weighted by molar-refractivity contribution is 0.0778. The molecule has 0 aromatic carbocycles. The highest BCUT2D eigenvalue weighted by Gasteiger charge is 2.31. The molecule has 1 unspecified atom stereocenters. The topological polar surface area (TPSA) is 67.2 Å². The van der Waals surface area contributed by atoms with Crippen LogP contribution in [0, 0.1) is 5.92 Å². The van der Waals surface area contributed by atoms with Crippen molar-refractivity contribution in [1.29, 1.82) is 0 Å². The van der Waals surface area contributed by atoms with Gasteiger partial charge in [-0.05, 0) is 18.9 Å². The van der Waals surface area contributed by atoms with E-state index in [4.69, 9.17) is 0 Å². The molecule has 19 heavy (non-hydrogen) atoms. The lowest BCUT2D eigenvalue weighted by Crippen LogP contribution is -2.52. The smallest absolute Gasteiger partial charge is 0.280 e. The third-order valence-electron chi connectivity index (χ3n) is 3.37. The van der Waals surface area contributed by atoms with Gasteiger partial charge in [-0.25, -0.2) is 8.78 Å². The molecular formula is C12H19F2N3O2. The van der Waals surface area contributed by atoms with Crippen molar-refractivity contribution in [3.05, 3.63) is 17.5 Å². The number of alkyl halides is 2. The monoisotopic (exact) mass is 275 g/mol. The van der Waals surface area contributed by atoms with Gasteiger partial charge < -0.3 is 10.4 Å². The highest BCUT2D eigenvalue weighted by molar-refractivity contribution is 5.92. The van der Waals surface area contributed by atoms with Gasteiger partial charge in [-0.2, -0.15) is 5.10 Å². The number of aromatic nitrogens is 2. The molecule has 1 aromatic heterocycles. The summed E-state index contributed by atoms with van der Waals surface area (Å²) in [6, 6.07) is 1.05. The highest BCUT2D eigenvalue weighted by Crippen LogP contribution is 2.20. The molecule has 1 aromatic rings. The standard InChI is InChI=1S/C12H19F2N3O2/c1-7(2)12(3,6-18)15-11(19)8-5-9(10(13)14)17(4)16-8/h5,7,10,18H,6H2,1-4H3,(H,15,19). The first-order valence-electron chi connectivity index (χ1n) is 5.96. The van der Waals surface area contributed by atoms with E-state index in [0.717, 1.165) is 10.7 Å². The first kappa shape index (κ1) is 15.6. The number of hydrogen-bond acceptors (Lipinski definition) is 3. The highest BCUT2D eigenvalue weighted by atomic mass is 19.3. The Morgan fingerprint density at radius 3 is 2.53 bits per heavy atom. The number of rotatable bonds is 5. The van der Waals surface area contributed by atoms with Gasteiger partial charge in [0.25, 0.3) is 12.3 Å². The van der Waals surface area contributed by atoms with Crippen LogP contribution in [0.2, 0.25) is 0 Å². The minimum atomic E-state index is -2.69. The minimum Gasteiger partial charge on any atom is -0.394 e. The van der Waals surface area contributed by atoms with E-state index >= 15 is 0 Å². The number of aryl methyl sites for hydroxylation is 1. The largest absolute Gasteiger partial charge is 0.394 e. The number of aliphatic hydroxyl groups excluding tert-OH is 1. The maximum atomic E-state index is 12.6. The molecule has 0 radical (unpaired) electrons. The van der Waals surface area contributed by atoms with Gasteiger partial charge in [0, 0.05) is 7.05 Å². The first-order chi connectivity index (χ1) is 8.71. The van der Waals surface area contributed by atoms with Crippen molar-refractivity contribution in [3.63, 3.8) is 0 Å². The summed E-state index contributed by atoms with van der Waals surface area (Å²) in [6.45, 7) is 5.14. The predicted octanol–water partition coefficient (Wildman–Crippen LogP) is 1.49. The first-order valence-corrected chi connectivity index (χ1v) is 5.96. The maximum absolute atomic E-state index is 12.6. The SMILES string of the molecule is CC(C)C(C)(CO)NC(=O)c1cc(C(F)F)n(C)n1. The second-order valence-corrected chi connectivity index (χ2v) is 5.06. The van der Waals surface area contributed by atoms with Crippen molar-refractivity contribution in [3.8, 4) is 0 Å². The molecule has 1 heterocycles. The Bertz CT molecular complexity index is 460. The zero-order valence-electron chi connectivity index (χ0n) is 11.4. The van der Waals surface area contributed by atoms with Crippen molar-refractivity contribution < 1.29 is 18.7 Å². The molecule has 108 valence electrons. The fraction of sp³-hybridized carbons (Fsp3) is 0.667. The molecule has 1 atom stereocenters. The Morgan fingerprint density at radius 2 is 2.16 bits per heavy atom. The molecule has 0 aliphatic heterocycles. The predicted molar refractivity (Wildman–Crippen MR) is 66.0 cm³/mol. The number of amides is 1. The second-order valence-electron chi connectivity index (χ2n) is 5.06. The van der Waals surface area contributed by atoms with Crippen molar-refractivity contribution in [2.75, 3.05) is 6.61 Å². The van der Waals surface area contributed by atoms with Crippen molar-refractivity contribution in [1.82, 2.24) is 15.1 Å². The Balaban J connectivity index is 2.93. The molecule has 0 fully saturated rings. The number of hydrogen-bond donors (Lipinski definition) is 2. The van der Waals surface area contributed by atoms with E-state index in [0.29, 0.717) is 0 Å². The van der Waals surface area contributed by atoms with E-state index in [-0.39, 0.29) is 23.9 Å². The maximum Gasteiger partial charge on any atom is 0.280 e. The molecule has 1 rings (SSSR count). The van der Waals surface area contributed by atoms with E-state index < -0.39 is 17.9 Å². The van der Waals surface area contributed by atoms with Crippen LogP contribution in [0.4, 0.5) is 8.78 Å². The van der Waals surface area contributed by atoms with Crippen LogP contribution in [0.25, 0.3) is 0 Å². The van der Waals surface area contributed by atoms with Gasteiger partial charge in [0.15, 0.2) is 5.69 Å². The minimum absolute atomic E-state index is 0.0141. The number of carbonyl (C=O) groups is 1. The van der Waals surface area contributed by atoms with Crippen LogP contribution in [0.5, 0.6) is 0 Å². The van der Waals surface area contributed by atoms with E-state index in [1.165, 1.54) is 7.05 Å². The molecular weight excluding hydrogens is 256 g/mol. The Morgan fingerprint density at radius 1 is 1.58 bits per heavy atom. The van der Waals surface area contributed by atoms with Crippen molar-refractivity contribution >= 4 is 5.91 Å². The zero-order chi connectivity index (χ0) is 14.8. The van der Waals surface area contributed by atoms with Crippen LogP contribution in [0.1, 0.15) is 43.4 Å². The van der Waals surface area contributed by atoms with Gasteiger partial charge in [0.05, 0.1) is 12.1 Å². The number of nitrogens with zero attached hydrogens (tertiary/aromatic N) is 2. The molecule has 0 saturated heterocycles. The molecule has 0 spiro atoms. The average molecular weight is 275 g/mol. The van der Waals surface area contributed by atoms with Crippen LogP contribution in [0.15, 0.2) is 6.07 Å². The summed E-state index contributed by atoms with van der Waals surface area (Å²) in [4.78, 5) is 12.0. The third-order valence-corrected chi connectivity index (χ3v) is 3.37. The molecule has 0 bridgehead atoms. The van der Waals surface area contributed by atoms with Gasteiger partial charge in [-0.1, -0.05) is 13.8 Å². The summed E-state index contributed by atoms with van der Waals surface area (Å²) >= 11 is 0. The van der Waals surface area contributed by atoms with Gasteiger partial charge in [-0.3, -0.25) is 9.48 Å². The Labute approximate surface area is 110 Å². The van der Waals surface area contributed by atoms with E-state index in [2.05, 4.69) is 10.4 Å². The van der Waals surface area contributed by atoms with E-state index in [1.54, 1.807) is 6.92 Å². The fourth-order valence-corrected chi connectivity index (χ4v) is 1.49. The normalized spacial score (nSPS) is 14.8. The number of aliphatic hydroxyl groups is 1. The van der Waals surface area contributed by atoms with Gasteiger partial charge in [0.2, 0.25) is 0 Å². The van der Waals surface area contributed by atoms with Crippen LogP contribution >= 0.6 is 0 Å². The summed E-state index contributed by atoms with van der Waals surface area (Å²) in [5, 5.41) is 15.7. The molecule has 7 heteroatoms. The Kier molecular flexibility index (Phi) is 4.62. The summed E-state index contributed by atoms with van der Waals surface area (Å²) in [5.41, 5.74) is -1.22. The van der Waals surface area contributed by atoms with Crippen LogP contribution in [-0.2, 0) is 7.05 Å². The summed E-state index contributed by atoms with van der Waals surface area (Å²) < 4.78 is 26.2. The molecule has 0 aliphatic rings. The zero-order valence-corrected chi connectivity index (χ0v) is 11.4. The van der Waals surface area contributed by atoms with E-state index in [9.17, 15) is 18.7 Å². The molecule has 1 amide bonds. The Hall–Kier alpha value is -1.50. The molecule has 2 N–H and O–H groups in total.